The van der Waals surface area contributed by atoms with Crippen LogP contribution in [0.3, 0.4) is 0 Å². The Morgan fingerprint density at radius 3 is 2.91 bits per heavy atom. The molecule has 0 aromatic carbocycles. The summed E-state index contributed by atoms with van der Waals surface area (Å²) < 4.78 is 1.55. The van der Waals surface area contributed by atoms with Crippen LogP contribution in [0.25, 0.3) is 6.08 Å². The standard InChI is InChI=1S/C15H18ClN3O2S/c1-10-12(14(16)19(3)18-10)4-5-13(20)17-9-15(2,21)11-6-7-22-8-11/h4-8,21H,9H2,1-3H3,(H,17,20)/b5-4-/t15-/m0/s1. The first-order chi connectivity index (χ1) is 10.3. The SMILES string of the molecule is Cc1nn(C)c(Cl)c1/C=C\C(=O)NC[C@](C)(O)c1ccsc1. The van der Waals surface area contributed by atoms with Crippen LogP contribution in [0.5, 0.6) is 0 Å². The second-order valence-corrected chi connectivity index (χ2v) is 6.39. The van der Waals surface area contributed by atoms with Crippen LogP contribution < -0.4 is 5.32 Å². The molecule has 2 aromatic heterocycles. The molecule has 5 nitrogen and oxygen atoms in total. The molecular weight excluding hydrogens is 322 g/mol. The lowest BCUT2D eigenvalue weighted by molar-refractivity contribution is -0.117. The number of nitrogens with zero attached hydrogens (tertiary/aromatic N) is 2. The minimum absolute atomic E-state index is 0.132. The summed E-state index contributed by atoms with van der Waals surface area (Å²) in [6.07, 6.45) is 3.01. The zero-order valence-electron chi connectivity index (χ0n) is 12.6. The van der Waals surface area contributed by atoms with Crippen molar-refractivity contribution in [1.29, 1.82) is 0 Å². The Kier molecular flexibility index (Phi) is 5.05. The zero-order valence-corrected chi connectivity index (χ0v) is 14.2. The molecular formula is C15H18ClN3O2S. The average Bonchev–Trinajstić information content (AvgIpc) is 3.06. The van der Waals surface area contributed by atoms with Gasteiger partial charge in [0.15, 0.2) is 0 Å². The molecule has 0 aliphatic heterocycles. The van der Waals surface area contributed by atoms with Crippen molar-refractivity contribution in [2.75, 3.05) is 6.54 Å². The van der Waals surface area contributed by atoms with Crippen molar-refractivity contribution >= 4 is 34.9 Å². The van der Waals surface area contributed by atoms with Gasteiger partial charge in [-0.3, -0.25) is 9.48 Å². The maximum Gasteiger partial charge on any atom is 0.244 e. The van der Waals surface area contributed by atoms with Crippen molar-refractivity contribution in [3.8, 4) is 0 Å². The van der Waals surface area contributed by atoms with Crippen molar-refractivity contribution in [2.45, 2.75) is 19.4 Å². The van der Waals surface area contributed by atoms with E-state index in [0.29, 0.717) is 10.7 Å². The number of carbonyl (C=O) groups is 1. The van der Waals surface area contributed by atoms with Crippen molar-refractivity contribution < 1.29 is 9.90 Å². The Hall–Kier alpha value is -1.63. The van der Waals surface area contributed by atoms with Gasteiger partial charge >= 0.3 is 0 Å². The van der Waals surface area contributed by atoms with Gasteiger partial charge in [-0.1, -0.05) is 11.6 Å². The quantitative estimate of drug-likeness (QED) is 0.822. The summed E-state index contributed by atoms with van der Waals surface area (Å²) in [6, 6.07) is 1.84. The third-order valence-electron chi connectivity index (χ3n) is 3.35. The van der Waals surface area contributed by atoms with Gasteiger partial charge in [0.1, 0.15) is 10.8 Å². The molecule has 0 aliphatic rings. The predicted molar refractivity (Wildman–Crippen MR) is 88.9 cm³/mol. The number of amides is 1. The lowest BCUT2D eigenvalue weighted by Crippen LogP contribution is -2.37. The molecule has 2 aromatic rings. The molecule has 22 heavy (non-hydrogen) atoms. The lowest BCUT2D eigenvalue weighted by Gasteiger charge is -2.22. The monoisotopic (exact) mass is 339 g/mol. The first kappa shape index (κ1) is 16.7. The van der Waals surface area contributed by atoms with E-state index in [0.717, 1.165) is 11.3 Å². The number of thiophene rings is 1. The fourth-order valence-electron chi connectivity index (χ4n) is 1.99. The minimum atomic E-state index is -1.09. The summed E-state index contributed by atoms with van der Waals surface area (Å²) in [5.74, 6) is -0.296. The second-order valence-electron chi connectivity index (χ2n) is 5.25. The molecule has 7 heteroatoms. The Bertz CT molecular complexity index is 690. The summed E-state index contributed by atoms with van der Waals surface area (Å²) >= 11 is 7.60. The highest BCUT2D eigenvalue weighted by molar-refractivity contribution is 7.08. The molecule has 0 saturated carbocycles. The molecule has 0 bridgehead atoms. The summed E-state index contributed by atoms with van der Waals surface area (Å²) in [6.45, 7) is 3.62. The fourth-order valence-corrected chi connectivity index (χ4v) is 3.01. The van der Waals surface area contributed by atoms with Crippen molar-refractivity contribution in [1.82, 2.24) is 15.1 Å². The van der Waals surface area contributed by atoms with Crippen LogP contribution in [0.4, 0.5) is 0 Å². The van der Waals surface area contributed by atoms with Gasteiger partial charge in [0.25, 0.3) is 0 Å². The normalized spacial score (nSPS) is 14.2. The first-order valence-corrected chi connectivity index (χ1v) is 8.03. The summed E-state index contributed by atoms with van der Waals surface area (Å²) in [7, 11) is 1.74. The van der Waals surface area contributed by atoms with Crippen molar-refractivity contribution in [3.05, 3.63) is 44.9 Å². The molecule has 0 aliphatic carbocycles. The number of aliphatic hydroxyl groups is 1. The molecule has 0 radical (unpaired) electrons. The first-order valence-electron chi connectivity index (χ1n) is 6.71. The number of aromatic nitrogens is 2. The van der Waals surface area contributed by atoms with Crippen LogP contribution in [0.1, 0.15) is 23.7 Å². The third-order valence-corrected chi connectivity index (χ3v) is 4.48. The molecule has 118 valence electrons. The minimum Gasteiger partial charge on any atom is -0.384 e. The van der Waals surface area contributed by atoms with E-state index in [4.69, 9.17) is 11.6 Å². The number of nitrogens with one attached hydrogen (secondary N) is 1. The Morgan fingerprint density at radius 1 is 1.64 bits per heavy atom. The molecule has 1 amide bonds. The van der Waals surface area contributed by atoms with Gasteiger partial charge in [-0.05, 0) is 42.3 Å². The van der Waals surface area contributed by atoms with E-state index in [1.165, 1.54) is 17.4 Å². The van der Waals surface area contributed by atoms with Crippen LogP contribution in [0, 0.1) is 6.92 Å². The molecule has 0 unspecified atom stereocenters. The predicted octanol–water partition coefficient (Wildman–Crippen LogP) is 2.48. The van der Waals surface area contributed by atoms with E-state index in [9.17, 15) is 9.90 Å². The second kappa shape index (κ2) is 6.64. The highest BCUT2D eigenvalue weighted by atomic mass is 35.5. The van der Waals surface area contributed by atoms with E-state index in [-0.39, 0.29) is 12.5 Å². The van der Waals surface area contributed by atoms with Crippen LogP contribution in [-0.2, 0) is 17.4 Å². The van der Waals surface area contributed by atoms with E-state index in [2.05, 4.69) is 10.4 Å². The Labute approximate surface area is 138 Å². The fraction of sp³-hybridized carbons (Fsp3) is 0.333. The third kappa shape index (κ3) is 3.76. The van der Waals surface area contributed by atoms with Gasteiger partial charge in [-0.15, -0.1) is 0 Å². The topological polar surface area (TPSA) is 67.2 Å². The number of halogens is 1. The molecule has 2 N–H and O–H groups in total. The summed E-state index contributed by atoms with van der Waals surface area (Å²) in [5.41, 5.74) is 1.16. The smallest absolute Gasteiger partial charge is 0.244 e. The molecule has 0 spiro atoms. The van der Waals surface area contributed by atoms with Crippen LogP contribution in [0.2, 0.25) is 5.15 Å². The highest BCUT2D eigenvalue weighted by Gasteiger charge is 2.23. The zero-order chi connectivity index (χ0) is 16.3. The van der Waals surface area contributed by atoms with Gasteiger partial charge in [0.2, 0.25) is 5.91 Å². The number of hydrogen-bond donors (Lipinski definition) is 2. The number of rotatable bonds is 5. The van der Waals surface area contributed by atoms with Crippen molar-refractivity contribution in [2.24, 2.45) is 7.05 Å². The maximum absolute atomic E-state index is 11.9. The molecule has 1 atom stereocenters. The van der Waals surface area contributed by atoms with Crippen LogP contribution >= 0.6 is 22.9 Å². The van der Waals surface area contributed by atoms with Crippen molar-refractivity contribution in [3.63, 3.8) is 0 Å². The van der Waals surface area contributed by atoms with E-state index < -0.39 is 5.60 Å². The lowest BCUT2D eigenvalue weighted by atomic mass is 9.99. The van der Waals surface area contributed by atoms with Gasteiger partial charge in [-0.2, -0.15) is 16.4 Å². The van der Waals surface area contributed by atoms with Gasteiger partial charge in [-0.25, -0.2) is 0 Å². The van der Waals surface area contributed by atoms with Crippen LogP contribution in [-0.4, -0.2) is 27.3 Å². The van der Waals surface area contributed by atoms with Gasteiger partial charge in [0.05, 0.1) is 12.2 Å². The molecule has 2 rings (SSSR count). The van der Waals surface area contributed by atoms with Gasteiger partial charge < -0.3 is 10.4 Å². The highest BCUT2D eigenvalue weighted by Crippen LogP contribution is 2.22. The number of aryl methyl sites for hydroxylation is 2. The number of carbonyl (C=O) groups excluding carboxylic acids is 1. The summed E-state index contributed by atoms with van der Waals surface area (Å²) in [4.78, 5) is 11.9. The van der Waals surface area contributed by atoms with E-state index in [1.807, 2.05) is 23.8 Å². The Morgan fingerprint density at radius 2 is 2.36 bits per heavy atom. The molecule has 0 saturated heterocycles. The Balaban J connectivity index is 1.97. The molecule has 0 fully saturated rings. The maximum atomic E-state index is 11.9. The van der Waals surface area contributed by atoms with E-state index in [1.54, 1.807) is 24.7 Å². The van der Waals surface area contributed by atoms with Gasteiger partial charge in [0, 0.05) is 18.7 Å². The van der Waals surface area contributed by atoms with E-state index >= 15 is 0 Å². The summed E-state index contributed by atoms with van der Waals surface area (Å²) in [5, 5.41) is 21.4. The average molecular weight is 340 g/mol. The largest absolute Gasteiger partial charge is 0.384 e. The number of hydrogen-bond acceptors (Lipinski definition) is 4. The molecule has 2 heterocycles. The van der Waals surface area contributed by atoms with Crippen LogP contribution in [0.15, 0.2) is 22.9 Å².